The van der Waals surface area contributed by atoms with Crippen molar-refractivity contribution in [2.75, 3.05) is 5.32 Å². The third-order valence-corrected chi connectivity index (χ3v) is 4.41. The van der Waals surface area contributed by atoms with Crippen molar-refractivity contribution in [2.24, 2.45) is 5.14 Å². The number of sulfonamides is 1. The topological polar surface area (TPSA) is 120 Å². The summed E-state index contributed by atoms with van der Waals surface area (Å²) >= 11 is 0. The van der Waals surface area contributed by atoms with Crippen molar-refractivity contribution in [3.05, 3.63) is 60.2 Å². The van der Waals surface area contributed by atoms with Crippen LogP contribution in [0.4, 0.5) is 16.0 Å². The highest BCUT2D eigenvalue weighted by molar-refractivity contribution is 7.88. The molecule has 0 unspecified atom stereocenters. The largest absolute Gasteiger partial charge is 0.490 e. The lowest BCUT2D eigenvalue weighted by atomic mass is 10.2. The summed E-state index contributed by atoms with van der Waals surface area (Å²) in [5.74, 6) is 0.161. The molecule has 0 saturated carbocycles. The van der Waals surface area contributed by atoms with Gasteiger partial charge in [0.25, 0.3) is 0 Å². The molecule has 10 heteroatoms. The van der Waals surface area contributed by atoms with Gasteiger partial charge in [-0.15, -0.1) is 0 Å². The minimum Gasteiger partial charge on any atom is -0.490 e. The smallest absolute Gasteiger partial charge is 0.230 e. The van der Waals surface area contributed by atoms with Crippen LogP contribution in [0.15, 0.2) is 48.8 Å². The van der Waals surface area contributed by atoms with Crippen LogP contribution in [0.3, 0.4) is 0 Å². The summed E-state index contributed by atoms with van der Waals surface area (Å²) in [5, 5.41) is 8.09. The zero-order valence-electron chi connectivity index (χ0n) is 15.8. The van der Waals surface area contributed by atoms with Crippen LogP contribution in [0.1, 0.15) is 19.4 Å². The molecule has 3 aromatic rings. The number of benzene rings is 2. The molecule has 0 saturated heterocycles. The summed E-state index contributed by atoms with van der Waals surface area (Å²) < 4.78 is 41.9. The van der Waals surface area contributed by atoms with Gasteiger partial charge in [-0.2, -0.15) is 4.98 Å². The average molecular weight is 417 g/mol. The number of nitrogens with two attached hydrogens (primary N) is 1. The van der Waals surface area contributed by atoms with Gasteiger partial charge >= 0.3 is 0 Å². The van der Waals surface area contributed by atoms with Gasteiger partial charge in [0.1, 0.15) is 17.9 Å². The molecule has 1 aromatic heterocycles. The average Bonchev–Trinajstić information content (AvgIpc) is 2.60. The maximum Gasteiger partial charge on any atom is 0.230 e. The van der Waals surface area contributed by atoms with E-state index >= 15 is 0 Å². The van der Waals surface area contributed by atoms with Crippen LogP contribution in [-0.2, 0) is 15.8 Å². The van der Waals surface area contributed by atoms with Crippen LogP contribution < -0.4 is 15.2 Å². The van der Waals surface area contributed by atoms with Gasteiger partial charge in [-0.3, -0.25) is 0 Å². The lowest BCUT2D eigenvalue weighted by molar-refractivity contribution is 0.242. The molecule has 0 aliphatic rings. The fourth-order valence-electron chi connectivity index (χ4n) is 2.62. The third-order valence-electron chi connectivity index (χ3n) is 3.67. The SMILES string of the molecule is CC(C)Oc1cc(F)ccc1-c1ncnc(Nc2cccc(CS(N)(=O)=O)c2)n1. The van der Waals surface area contributed by atoms with Crippen LogP contribution >= 0.6 is 0 Å². The molecule has 0 amide bonds. The Labute approximate surface area is 168 Å². The number of nitrogens with zero attached hydrogens (tertiary/aromatic N) is 3. The summed E-state index contributed by atoms with van der Waals surface area (Å²) in [7, 11) is -3.64. The Morgan fingerprint density at radius 2 is 1.97 bits per heavy atom. The third kappa shape index (κ3) is 5.93. The van der Waals surface area contributed by atoms with Crippen molar-refractivity contribution in [1.82, 2.24) is 15.0 Å². The summed E-state index contributed by atoms with van der Waals surface area (Å²) in [6.07, 6.45) is 1.16. The Bertz CT molecular complexity index is 1120. The summed E-state index contributed by atoms with van der Waals surface area (Å²) in [6.45, 7) is 3.67. The number of ether oxygens (including phenoxy) is 1. The maximum atomic E-state index is 13.6. The first kappa shape index (κ1) is 20.6. The Kier molecular flexibility index (Phi) is 6.04. The second-order valence-electron chi connectivity index (χ2n) is 6.57. The van der Waals surface area contributed by atoms with Gasteiger partial charge in [0.05, 0.1) is 17.4 Å². The van der Waals surface area contributed by atoms with E-state index in [0.717, 1.165) is 0 Å². The molecule has 0 aliphatic carbocycles. The van der Waals surface area contributed by atoms with Gasteiger partial charge in [-0.05, 0) is 43.7 Å². The number of nitrogens with one attached hydrogen (secondary N) is 1. The van der Waals surface area contributed by atoms with Gasteiger partial charge in [-0.1, -0.05) is 12.1 Å². The molecule has 152 valence electrons. The molecule has 3 rings (SSSR count). The number of rotatable bonds is 7. The van der Waals surface area contributed by atoms with E-state index in [-0.39, 0.29) is 17.8 Å². The van der Waals surface area contributed by atoms with Gasteiger partial charge in [0, 0.05) is 11.8 Å². The minimum atomic E-state index is -3.64. The molecule has 1 heterocycles. The molecule has 0 atom stereocenters. The molecule has 8 nitrogen and oxygen atoms in total. The molecular weight excluding hydrogens is 397 g/mol. The maximum absolute atomic E-state index is 13.6. The van der Waals surface area contributed by atoms with Crippen molar-refractivity contribution < 1.29 is 17.5 Å². The first-order valence-electron chi connectivity index (χ1n) is 8.71. The highest BCUT2D eigenvalue weighted by Crippen LogP contribution is 2.29. The molecule has 3 N–H and O–H groups in total. The number of anilines is 2. The van der Waals surface area contributed by atoms with E-state index < -0.39 is 15.8 Å². The minimum absolute atomic E-state index is 0.156. The molecule has 0 spiro atoms. The molecular formula is C19H20FN5O3S. The predicted molar refractivity (Wildman–Crippen MR) is 108 cm³/mol. The molecule has 0 bridgehead atoms. The molecule has 0 aliphatic heterocycles. The monoisotopic (exact) mass is 417 g/mol. The lowest BCUT2D eigenvalue weighted by Gasteiger charge is -2.14. The van der Waals surface area contributed by atoms with E-state index in [4.69, 9.17) is 9.88 Å². The van der Waals surface area contributed by atoms with Crippen LogP contribution in [0.25, 0.3) is 11.4 Å². The summed E-state index contributed by atoms with van der Waals surface area (Å²) in [6, 6.07) is 10.8. The van der Waals surface area contributed by atoms with Crippen LogP contribution in [0, 0.1) is 5.82 Å². The Hall–Kier alpha value is -3.11. The van der Waals surface area contributed by atoms with E-state index in [1.807, 2.05) is 13.8 Å². The Morgan fingerprint density at radius 3 is 2.69 bits per heavy atom. The van der Waals surface area contributed by atoms with Crippen molar-refractivity contribution in [3.8, 4) is 17.1 Å². The molecule has 2 aromatic carbocycles. The van der Waals surface area contributed by atoms with E-state index in [2.05, 4.69) is 20.3 Å². The summed E-state index contributed by atoms with van der Waals surface area (Å²) in [4.78, 5) is 12.6. The number of aromatic nitrogens is 3. The van der Waals surface area contributed by atoms with Crippen LogP contribution in [-0.4, -0.2) is 29.5 Å². The van der Waals surface area contributed by atoms with Crippen LogP contribution in [0.2, 0.25) is 0 Å². The van der Waals surface area contributed by atoms with E-state index in [1.54, 1.807) is 30.3 Å². The highest BCUT2D eigenvalue weighted by Gasteiger charge is 2.13. The number of halogens is 1. The predicted octanol–water partition coefficient (Wildman–Crippen LogP) is 3.00. The number of primary sulfonamides is 1. The highest BCUT2D eigenvalue weighted by atomic mass is 32.2. The normalized spacial score (nSPS) is 11.5. The van der Waals surface area contributed by atoms with E-state index in [0.29, 0.717) is 28.4 Å². The van der Waals surface area contributed by atoms with Crippen molar-refractivity contribution in [1.29, 1.82) is 0 Å². The van der Waals surface area contributed by atoms with Gasteiger partial charge < -0.3 is 10.1 Å². The first-order valence-corrected chi connectivity index (χ1v) is 10.4. The fraction of sp³-hybridized carbons (Fsp3) is 0.211. The number of hydrogen-bond acceptors (Lipinski definition) is 7. The standard InChI is InChI=1S/C19H20FN5O3S/c1-12(2)28-17-9-14(20)6-7-16(17)18-22-11-23-19(25-18)24-15-5-3-4-13(8-15)10-29(21,26)27/h3-9,11-12H,10H2,1-2H3,(H2,21,26,27)(H,22,23,24,25). The zero-order chi connectivity index (χ0) is 21.0. The lowest BCUT2D eigenvalue weighted by Crippen LogP contribution is -2.14. The Morgan fingerprint density at radius 1 is 1.17 bits per heavy atom. The first-order chi connectivity index (χ1) is 13.7. The Balaban J connectivity index is 1.89. The van der Waals surface area contributed by atoms with Gasteiger partial charge in [0.15, 0.2) is 5.82 Å². The van der Waals surface area contributed by atoms with Gasteiger partial charge in [0.2, 0.25) is 16.0 Å². The van der Waals surface area contributed by atoms with Crippen molar-refractivity contribution in [2.45, 2.75) is 25.7 Å². The second-order valence-corrected chi connectivity index (χ2v) is 8.19. The molecule has 0 radical (unpaired) electrons. The second kappa shape index (κ2) is 8.50. The zero-order valence-corrected chi connectivity index (χ0v) is 16.6. The van der Waals surface area contributed by atoms with Crippen molar-refractivity contribution >= 4 is 21.7 Å². The van der Waals surface area contributed by atoms with E-state index in [9.17, 15) is 12.8 Å². The number of hydrogen-bond donors (Lipinski definition) is 2. The summed E-state index contributed by atoms with van der Waals surface area (Å²) in [5.41, 5.74) is 1.63. The van der Waals surface area contributed by atoms with E-state index in [1.165, 1.54) is 18.5 Å². The fourth-order valence-corrected chi connectivity index (χ4v) is 3.26. The van der Waals surface area contributed by atoms with Crippen molar-refractivity contribution in [3.63, 3.8) is 0 Å². The van der Waals surface area contributed by atoms with Crippen LogP contribution in [0.5, 0.6) is 5.75 Å². The van der Waals surface area contributed by atoms with Gasteiger partial charge in [-0.25, -0.2) is 27.9 Å². The molecule has 0 fully saturated rings. The molecule has 29 heavy (non-hydrogen) atoms. The quantitative estimate of drug-likeness (QED) is 0.606.